The van der Waals surface area contributed by atoms with E-state index in [0.29, 0.717) is 0 Å². The van der Waals surface area contributed by atoms with E-state index in [4.69, 9.17) is 15.7 Å². The number of hydrogen-bond donors (Lipinski definition) is 3. The third kappa shape index (κ3) is 2.62. The second-order valence-electron chi connectivity index (χ2n) is 5.93. The van der Waals surface area contributed by atoms with Crippen LogP contribution in [-0.2, 0) is 19.2 Å². The summed E-state index contributed by atoms with van der Waals surface area (Å²) in [6, 6.07) is -1.20. The minimum Gasteiger partial charge on any atom is -0.480 e. The number of aliphatic carboxylic acids is 1. The molecule has 1 aliphatic carbocycles. The van der Waals surface area contributed by atoms with Crippen LogP contribution < -0.4 is 11.2 Å². The van der Waals surface area contributed by atoms with Crippen LogP contribution in [0.1, 0.15) is 27.7 Å². The van der Waals surface area contributed by atoms with Gasteiger partial charge in [-0.3, -0.25) is 19.2 Å². The van der Waals surface area contributed by atoms with Crippen molar-refractivity contribution in [2.75, 3.05) is 6.61 Å². The van der Waals surface area contributed by atoms with Crippen LogP contribution in [0.15, 0.2) is 0 Å². The number of Topliss-reactive ketones (excluding diaryl/α,β-unsaturated/α-hetero) is 1. The average molecular weight is 272 g/mol. The van der Waals surface area contributed by atoms with Gasteiger partial charge in [0.1, 0.15) is 18.4 Å². The van der Waals surface area contributed by atoms with Crippen molar-refractivity contribution in [2.24, 2.45) is 22.5 Å². The number of carbonyl (C=O) groups is 3. The van der Waals surface area contributed by atoms with E-state index in [1.807, 2.05) is 0 Å². The maximum absolute atomic E-state index is 12.0. The van der Waals surface area contributed by atoms with Gasteiger partial charge in [-0.15, -0.1) is 0 Å². The molecule has 1 saturated carbocycles. The number of nitrogens with one attached hydrogen (secondary N) is 1. The Morgan fingerprint density at radius 2 is 1.84 bits per heavy atom. The standard InChI is InChI=1S/C12H20N2O5/c1-11(2)7(12(3,4)10(11)18)8(15)14-19-5-6(13)9(16)17/h6-7H,5,13H2,1-4H3,(H,14,15)(H,16,17)/t6-/m0/s1. The number of carboxylic acids is 1. The van der Waals surface area contributed by atoms with E-state index < -0.39 is 34.7 Å². The molecule has 1 fully saturated rings. The van der Waals surface area contributed by atoms with Crippen molar-refractivity contribution in [3.05, 3.63) is 0 Å². The quantitative estimate of drug-likeness (QED) is 0.591. The predicted octanol–water partition coefficient (Wildman–Crippen LogP) is -0.303. The van der Waals surface area contributed by atoms with Crippen molar-refractivity contribution in [3.63, 3.8) is 0 Å². The fourth-order valence-corrected chi connectivity index (χ4v) is 2.91. The molecule has 0 bridgehead atoms. The highest BCUT2D eigenvalue weighted by Crippen LogP contribution is 2.55. The first-order chi connectivity index (χ1) is 8.52. The molecule has 1 atom stereocenters. The number of hydrogen-bond acceptors (Lipinski definition) is 5. The summed E-state index contributed by atoms with van der Waals surface area (Å²) in [6.45, 7) is 6.48. The number of rotatable bonds is 5. The number of ketones is 1. The van der Waals surface area contributed by atoms with Crippen molar-refractivity contribution < 1.29 is 24.3 Å². The molecular weight excluding hydrogens is 252 g/mol. The van der Waals surface area contributed by atoms with Crippen molar-refractivity contribution in [1.82, 2.24) is 5.48 Å². The zero-order chi connectivity index (χ0) is 15.0. The van der Waals surface area contributed by atoms with Gasteiger partial charge in [0.25, 0.3) is 0 Å². The van der Waals surface area contributed by atoms with Gasteiger partial charge in [-0.25, -0.2) is 5.48 Å². The van der Waals surface area contributed by atoms with Gasteiger partial charge < -0.3 is 10.8 Å². The Labute approximate surface area is 111 Å². The number of carbonyl (C=O) groups excluding carboxylic acids is 2. The molecule has 0 aliphatic heterocycles. The first-order valence-corrected chi connectivity index (χ1v) is 5.98. The molecule has 1 amide bonds. The smallest absolute Gasteiger partial charge is 0.322 e. The van der Waals surface area contributed by atoms with E-state index in [9.17, 15) is 14.4 Å². The highest BCUT2D eigenvalue weighted by molar-refractivity contribution is 6.05. The first kappa shape index (κ1) is 15.6. The Balaban J connectivity index is 2.55. The number of hydroxylamine groups is 1. The summed E-state index contributed by atoms with van der Waals surface area (Å²) < 4.78 is 0. The van der Waals surface area contributed by atoms with Gasteiger partial charge in [-0.05, 0) is 0 Å². The van der Waals surface area contributed by atoms with E-state index in [1.54, 1.807) is 27.7 Å². The van der Waals surface area contributed by atoms with Crippen molar-refractivity contribution in [1.29, 1.82) is 0 Å². The molecule has 0 aromatic heterocycles. The zero-order valence-electron chi connectivity index (χ0n) is 11.5. The minimum atomic E-state index is -1.21. The lowest BCUT2D eigenvalue weighted by Gasteiger charge is -2.53. The van der Waals surface area contributed by atoms with Gasteiger partial charge in [0, 0.05) is 10.8 Å². The van der Waals surface area contributed by atoms with Crippen LogP contribution in [0, 0.1) is 16.7 Å². The predicted molar refractivity (Wildman–Crippen MR) is 65.8 cm³/mol. The molecule has 0 heterocycles. The summed E-state index contributed by atoms with van der Waals surface area (Å²) in [5.41, 5.74) is 5.90. The molecule has 7 heteroatoms. The summed E-state index contributed by atoms with van der Waals surface area (Å²) in [7, 11) is 0. The third-order valence-corrected chi connectivity index (χ3v) is 3.63. The SMILES string of the molecule is CC1(C)C(=O)C(C)(C)C1C(=O)NOC[C@H](N)C(=O)O. The lowest BCUT2D eigenvalue weighted by molar-refractivity contribution is -0.178. The van der Waals surface area contributed by atoms with Crippen LogP contribution >= 0.6 is 0 Å². The second-order valence-corrected chi connectivity index (χ2v) is 5.93. The second kappa shape index (κ2) is 4.90. The van der Waals surface area contributed by atoms with Crippen molar-refractivity contribution in [2.45, 2.75) is 33.7 Å². The number of amides is 1. The molecule has 0 spiro atoms. The lowest BCUT2D eigenvalue weighted by atomic mass is 9.47. The van der Waals surface area contributed by atoms with E-state index in [0.717, 1.165) is 0 Å². The summed E-state index contributed by atoms with van der Waals surface area (Å²) in [4.78, 5) is 39.1. The van der Waals surface area contributed by atoms with Gasteiger partial charge >= 0.3 is 5.97 Å². The van der Waals surface area contributed by atoms with Crippen molar-refractivity contribution in [3.8, 4) is 0 Å². The van der Waals surface area contributed by atoms with Gasteiger partial charge in [0.15, 0.2) is 0 Å². The monoisotopic (exact) mass is 272 g/mol. The molecule has 0 radical (unpaired) electrons. The maximum Gasteiger partial charge on any atom is 0.322 e. The summed E-state index contributed by atoms with van der Waals surface area (Å²) in [6.07, 6.45) is 0. The average Bonchev–Trinajstić information content (AvgIpc) is 2.26. The van der Waals surface area contributed by atoms with Gasteiger partial charge in [0.05, 0.1) is 5.92 Å². The highest BCUT2D eigenvalue weighted by atomic mass is 16.7. The lowest BCUT2D eigenvalue weighted by Crippen LogP contribution is -2.65. The molecule has 1 aliphatic rings. The molecule has 19 heavy (non-hydrogen) atoms. The molecule has 0 unspecified atom stereocenters. The van der Waals surface area contributed by atoms with Crippen LogP contribution in [0.4, 0.5) is 0 Å². The Morgan fingerprint density at radius 1 is 1.37 bits per heavy atom. The van der Waals surface area contributed by atoms with E-state index in [-0.39, 0.29) is 12.4 Å². The van der Waals surface area contributed by atoms with Crippen LogP contribution in [-0.4, -0.2) is 35.4 Å². The fourth-order valence-electron chi connectivity index (χ4n) is 2.91. The summed E-state index contributed by atoms with van der Waals surface area (Å²) >= 11 is 0. The van der Waals surface area contributed by atoms with E-state index in [2.05, 4.69) is 5.48 Å². The largest absolute Gasteiger partial charge is 0.480 e. The highest BCUT2D eigenvalue weighted by Gasteiger charge is 2.64. The Morgan fingerprint density at radius 3 is 2.26 bits per heavy atom. The molecule has 7 nitrogen and oxygen atoms in total. The van der Waals surface area contributed by atoms with Gasteiger partial charge in [0.2, 0.25) is 5.91 Å². The van der Waals surface area contributed by atoms with Crippen LogP contribution in [0.25, 0.3) is 0 Å². The Bertz CT molecular complexity index is 398. The Kier molecular flexibility index (Phi) is 4.02. The normalized spacial score (nSPS) is 22.5. The maximum atomic E-state index is 12.0. The fraction of sp³-hybridized carbons (Fsp3) is 0.750. The topological polar surface area (TPSA) is 119 Å². The van der Waals surface area contributed by atoms with E-state index in [1.165, 1.54) is 0 Å². The third-order valence-electron chi connectivity index (χ3n) is 3.63. The Hall–Kier alpha value is -1.47. The van der Waals surface area contributed by atoms with Crippen LogP contribution in [0.3, 0.4) is 0 Å². The summed E-state index contributed by atoms with van der Waals surface area (Å²) in [5, 5.41) is 8.55. The molecule has 4 N–H and O–H groups in total. The molecule has 0 saturated heterocycles. The van der Waals surface area contributed by atoms with Crippen molar-refractivity contribution >= 4 is 17.7 Å². The molecule has 0 aromatic carbocycles. The molecule has 108 valence electrons. The molecular formula is C12H20N2O5. The first-order valence-electron chi connectivity index (χ1n) is 5.98. The molecule has 0 aromatic rings. The zero-order valence-corrected chi connectivity index (χ0v) is 11.5. The van der Waals surface area contributed by atoms with Gasteiger partial charge in [-0.1, -0.05) is 27.7 Å². The van der Waals surface area contributed by atoms with Crippen LogP contribution in [0.2, 0.25) is 0 Å². The van der Waals surface area contributed by atoms with Crippen LogP contribution in [0.5, 0.6) is 0 Å². The molecule has 1 rings (SSSR count). The van der Waals surface area contributed by atoms with Gasteiger partial charge in [-0.2, -0.15) is 0 Å². The van der Waals surface area contributed by atoms with E-state index >= 15 is 0 Å². The number of carboxylic acid groups (broad SMARTS) is 1. The number of nitrogens with two attached hydrogens (primary N) is 1. The minimum absolute atomic E-state index is 0.0161. The summed E-state index contributed by atoms with van der Waals surface area (Å²) in [5.74, 6) is -2.16.